The van der Waals surface area contributed by atoms with E-state index in [1.54, 1.807) is 12.1 Å². The summed E-state index contributed by atoms with van der Waals surface area (Å²) < 4.78 is 5.40. The van der Waals surface area contributed by atoms with E-state index in [0.29, 0.717) is 29.3 Å². The molecule has 1 atom stereocenters. The van der Waals surface area contributed by atoms with Crippen LogP contribution in [0.1, 0.15) is 42.5 Å². The molecule has 1 aliphatic heterocycles. The maximum absolute atomic E-state index is 12.7. The highest BCUT2D eigenvalue weighted by molar-refractivity contribution is 6.30. The van der Waals surface area contributed by atoms with Crippen molar-refractivity contribution in [2.24, 2.45) is 5.10 Å². The maximum Gasteiger partial charge on any atom is 0.242 e. The molecule has 0 radical (unpaired) electrons. The molecule has 29 heavy (non-hydrogen) atoms. The van der Waals surface area contributed by atoms with Crippen molar-refractivity contribution in [3.8, 4) is 5.75 Å². The van der Waals surface area contributed by atoms with Crippen molar-refractivity contribution < 1.29 is 9.53 Å². The number of fused-ring (bicyclic) bond motifs is 1. The van der Waals surface area contributed by atoms with Crippen LogP contribution in [0, 0.1) is 6.92 Å². The van der Waals surface area contributed by atoms with Gasteiger partial charge in [0.25, 0.3) is 0 Å². The minimum atomic E-state index is -0.284. The minimum absolute atomic E-state index is 0.0422. The Hall–Kier alpha value is -2.92. The van der Waals surface area contributed by atoms with E-state index in [1.165, 1.54) is 0 Å². The third kappa shape index (κ3) is 3.58. The second-order valence-electron chi connectivity index (χ2n) is 7.13. The fraction of sp³-hybridized carbons (Fsp3) is 0.261. The quantitative estimate of drug-likeness (QED) is 0.552. The summed E-state index contributed by atoms with van der Waals surface area (Å²) in [5, 5.41) is 7.51. The van der Waals surface area contributed by atoms with Crippen LogP contribution in [0.5, 0.6) is 5.75 Å². The molecule has 0 saturated carbocycles. The summed E-state index contributed by atoms with van der Waals surface area (Å²) in [6, 6.07) is 15.6. The third-order valence-corrected chi connectivity index (χ3v) is 5.49. The van der Waals surface area contributed by atoms with Gasteiger partial charge in [-0.1, -0.05) is 60.5 Å². The number of rotatable bonds is 4. The molecule has 0 N–H and O–H groups in total. The van der Waals surface area contributed by atoms with Crippen LogP contribution in [-0.4, -0.2) is 28.7 Å². The van der Waals surface area contributed by atoms with E-state index >= 15 is 0 Å². The number of nitrogens with zero attached hydrogens (tertiary/aromatic N) is 3. The number of ether oxygens (including phenoxy) is 1. The van der Waals surface area contributed by atoms with Crippen molar-refractivity contribution in [3.63, 3.8) is 0 Å². The number of hydrogen-bond acceptors (Lipinski definition) is 4. The van der Waals surface area contributed by atoms with Crippen molar-refractivity contribution in [1.82, 2.24) is 9.99 Å². The summed E-state index contributed by atoms with van der Waals surface area (Å²) >= 11 is 6.59. The topological polar surface area (TPSA) is 54.8 Å². The van der Waals surface area contributed by atoms with E-state index in [2.05, 4.69) is 16.2 Å². The number of para-hydroxylation sites is 1. The molecule has 5 nitrogen and oxygen atoms in total. The van der Waals surface area contributed by atoms with Crippen molar-refractivity contribution in [2.75, 3.05) is 7.11 Å². The van der Waals surface area contributed by atoms with Gasteiger partial charge in [-0.15, -0.1) is 0 Å². The van der Waals surface area contributed by atoms with Gasteiger partial charge in [-0.3, -0.25) is 4.79 Å². The molecular formula is C23H22ClN3O2. The van der Waals surface area contributed by atoms with Gasteiger partial charge >= 0.3 is 0 Å². The molecule has 2 aromatic carbocycles. The van der Waals surface area contributed by atoms with E-state index < -0.39 is 0 Å². The zero-order valence-electron chi connectivity index (χ0n) is 16.6. The Balaban J connectivity index is 1.79. The molecule has 4 rings (SSSR count). The summed E-state index contributed by atoms with van der Waals surface area (Å²) in [5.41, 5.74) is 4.55. The molecule has 1 aromatic heterocycles. The van der Waals surface area contributed by atoms with Crippen molar-refractivity contribution in [1.29, 1.82) is 0 Å². The van der Waals surface area contributed by atoms with Crippen molar-refractivity contribution in [2.45, 2.75) is 32.7 Å². The number of aromatic nitrogens is 1. The van der Waals surface area contributed by atoms with Crippen LogP contribution in [0.25, 0.3) is 10.9 Å². The number of methoxy groups -OCH3 is 1. The second-order valence-corrected chi connectivity index (χ2v) is 7.49. The van der Waals surface area contributed by atoms with E-state index in [-0.39, 0.29) is 11.9 Å². The summed E-state index contributed by atoms with van der Waals surface area (Å²) in [4.78, 5) is 17.2. The lowest BCUT2D eigenvalue weighted by Crippen LogP contribution is -2.26. The van der Waals surface area contributed by atoms with Gasteiger partial charge in [0, 0.05) is 23.8 Å². The Kier molecular flexibility index (Phi) is 5.24. The smallest absolute Gasteiger partial charge is 0.242 e. The molecule has 148 valence electrons. The van der Waals surface area contributed by atoms with E-state index in [0.717, 1.165) is 27.8 Å². The number of pyridine rings is 1. The van der Waals surface area contributed by atoms with Gasteiger partial charge in [0.2, 0.25) is 5.91 Å². The lowest BCUT2D eigenvalue weighted by atomic mass is 9.97. The fourth-order valence-electron chi connectivity index (χ4n) is 3.71. The highest BCUT2D eigenvalue weighted by Gasteiger charge is 2.34. The summed E-state index contributed by atoms with van der Waals surface area (Å²) in [6.45, 7) is 3.88. The van der Waals surface area contributed by atoms with Crippen LogP contribution in [0.3, 0.4) is 0 Å². The number of carbonyl (C=O) groups is 1. The van der Waals surface area contributed by atoms with Crippen molar-refractivity contribution in [3.05, 3.63) is 70.4 Å². The van der Waals surface area contributed by atoms with Crippen LogP contribution in [0.2, 0.25) is 5.15 Å². The van der Waals surface area contributed by atoms with Gasteiger partial charge < -0.3 is 4.74 Å². The van der Waals surface area contributed by atoms with Gasteiger partial charge in [0.15, 0.2) is 0 Å². The molecule has 0 aliphatic carbocycles. The molecule has 1 amide bonds. The highest BCUT2D eigenvalue weighted by Crippen LogP contribution is 2.38. The maximum atomic E-state index is 12.7. The zero-order valence-corrected chi connectivity index (χ0v) is 17.4. The fourth-order valence-corrected chi connectivity index (χ4v) is 3.97. The summed E-state index contributed by atoms with van der Waals surface area (Å²) in [5.74, 6) is 0.625. The van der Waals surface area contributed by atoms with Crippen LogP contribution in [0.4, 0.5) is 0 Å². The lowest BCUT2D eigenvalue weighted by molar-refractivity contribution is -0.132. The molecule has 2 heterocycles. The van der Waals surface area contributed by atoms with Crippen LogP contribution < -0.4 is 4.74 Å². The van der Waals surface area contributed by atoms with Crippen LogP contribution >= 0.6 is 11.6 Å². The molecule has 3 aromatic rings. The SMILES string of the molecule is CCC(=O)N1N=C(c2cccc(C)c2)C[C@H]1c1cc2cccc(OC)c2nc1Cl. The Morgan fingerprint density at radius 2 is 2.03 bits per heavy atom. The van der Waals surface area contributed by atoms with Crippen molar-refractivity contribution >= 4 is 34.1 Å². The lowest BCUT2D eigenvalue weighted by Gasteiger charge is -2.22. The van der Waals surface area contributed by atoms with Crippen LogP contribution in [-0.2, 0) is 4.79 Å². The molecule has 0 unspecified atom stereocenters. The first-order valence-electron chi connectivity index (χ1n) is 9.61. The molecule has 0 fully saturated rings. The minimum Gasteiger partial charge on any atom is -0.494 e. The number of amides is 1. The molecule has 0 bridgehead atoms. The van der Waals surface area contributed by atoms with Gasteiger partial charge in [0.05, 0.1) is 18.9 Å². The number of hydrogen-bond donors (Lipinski definition) is 0. The summed E-state index contributed by atoms with van der Waals surface area (Å²) in [7, 11) is 1.61. The number of aryl methyl sites for hydroxylation is 1. The first kappa shape index (κ1) is 19.4. The van der Waals surface area contributed by atoms with Gasteiger partial charge in [-0.25, -0.2) is 9.99 Å². The number of benzene rings is 2. The number of halogens is 1. The third-order valence-electron chi connectivity index (χ3n) is 5.19. The number of hydrazone groups is 1. The average molecular weight is 408 g/mol. The van der Waals surface area contributed by atoms with Gasteiger partial charge in [0.1, 0.15) is 16.4 Å². The van der Waals surface area contributed by atoms with Crippen LogP contribution in [0.15, 0.2) is 53.6 Å². The largest absolute Gasteiger partial charge is 0.494 e. The first-order chi connectivity index (χ1) is 14.0. The van der Waals surface area contributed by atoms with E-state index in [1.807, 2.05) is 56.3 Å². The monoisotopic (exact) mass is 407 g/mol. The predicted octanol–water partition coefficient (Wildman–Crippen LogP) is 5.29. The normalized spacial score (nSPS) is 16.2. The molecule has 6 heteroatoms. The highest BCUT2D eigenvalue weighted by atomic mass is 35.5. The standard InChI is InChI=1S/C23H22ClN3O2/c1-4-21(28)27-19(13-18(26-27)15-8-5-7-14(2)11-15)17-12-16-9-6-10-20(29-3)22(16)25-23(17)24/h5-12,19H,4,13H2,1-3H3/t19-/m0/s1. The molecule has 0 spiro atoms. The Morgan fingerprint density at radius 3 is 2.76 bits per heavy atom. The molecule has 0 saturated heterocycles. The Morgan fingerprint density at radius 1 is 1.24 bits per heavy atom. The second kappa shape index (κ2) is 7.84. The van der Waals surface area contributed by atoms with Gasteiger partial charge in [-0.2, -0.15) is 5.10 Å². The molecule has 1 aliphatic rings. The first-order valence-corrected chi connectivity index (χ1v) is 9.99. The van der Waals surface area contributed by atoms with E-state index in [9.17, 15) is 4.79 Å². The Labute approximate surface area is 175 Å². The zero-order chi connectivity index (χ0) is 20.5. The summed E-state index contributed by atoms with van der Waals surface area (Å²) in [6.07, 6.45) is 0.958. The average Bonchev–Trinajstić information content (AvgIpc) is 3.17. The number of carbonyl (C=O) groups excluding carboxylic acids is 1. The predicted molar refractivity (Wildman–Crippen MR) is 116 cm³/mol. The van der Waals surface area contributed by atoms with Gasteiger partial charge in [-0.05, 0) is 24.6 Å². The van der Waals surface area contributed by atoms with E-state index in [4.69, 9.17) is 16.3 Å². The Bertz CT molecular complexity index is 1130. The molecular weight excluding hydrogens is 386 g/mol.